The lowest BCUT2D eigenvalue weighted by atomic mass is 10.1. The van der Waals surface area contributed by atoms with E-state index in [2.05, 4.69) is 5.32 Å². The van der Waals surface area contributed by atoms with Crippen LogP contribution in [0.4, 0.5) is 9.39 Å². The molecule has 0 spiro atoms. The summed E-state index contributed by atoms with van der Waals surface area (Å²) in [4.78, 5) is 37.0. The van der Waals surface area contributed by atoms with Gasteiger partial charge in [-0.3, -0.25) is 9.59 Å². The molecule has 0 aliphatic heterocycles. The standard InChI is InChI=1S/C18H18FNO4S/c1-9-11(3)25-17(20-12(4)21)15(9)18(23)24-10(2)16(22)13-5-7-14(19)8-6-13/h5-8,10H,1-4H3,(H,20,21)/t10-/m0/s1. The number of nitrogens with one attached hydrogen (secondary N) is 1. The number of esters is 1. The maximum absolute atomic E-state index is 12.9. The molecule has 2 aromatic rings. The fraction of sp³-hybridized carbons (Fsp3) is 0.278. The molecule has 1 amide bonds. The van der Waals surface area contributed by atoms with Gasteiger partial charge in [-0.1, -0.05) is 0 Å². The summed E-state index contributed by atoms with van der Waals surface area (Å²) in [6, 6.07) is 5.02. The van der Waals surface area contributed by atoms with Gasteiger partial charge in [-0.25, -0.2) is 9.18 Å². The van der Waals surface area contributed by atoms with Crippen molar-refractivity contribution in [2.45, 2.75) is 33.8 Å². The number of hydrogen-bond acceptors (Lipinski definition) is 5. The van der Waals surface area contributed by atoms with Crippen molar-refractivity contribution in [1.82, 2.24) is 0 Å². The first kappa shape index (κ1) is 18.8. The molecule has 132 valence electrons. The van der Waals surface area contributed by atoms with Crippen molar-refractivity contribution in [2.75, 3.05) is 5.32 Å². The van der Waals surface area contributed by atoms with E-state index < -0.39 is 23.7 Å². The van der Waals surface area contributed by atoms with Gasteiger partial charge >= 0.3 is 5.97 Å². The minimum absolute atomic E-state index is 0.247. The van der Waals surface area contributed by atoms with Crippen LogP contribution in [0.1, 0.15) is 45.0 Å². The number of anilines is 1. The molecule has 0 aliphatic rings. The smallest absolute Gasteiger partial charge is 0.342 e. The van der Waals surface area contributed by atoms with Crippen molar-refractivity contribution in [3.63, 3.8) is 0 Å². The number of thiophene rings is 1. The minimum Gasteiger partial charge on any atom is -0.451 e. The van der Waals surface area contributed by atoms with Gasteiger partial charge in [0.2, 0.25) is 11.7 Å². The van der Waals surface area contributed by atoms with Crippen LogP contribution in [0.3, 0.4) is 0 Å². The van der Waals surface area contributed by atoms with E-state index in [1.165, 1.54) is 49.4 Å². The second kappa shape index (κ2) is 7.57. The van der Waals surface area contributed by atoms with Gasteiger partial charge < -0.3 is 10.1 Å². The molecule has 1 N–H and O–H groups in total. The van der Waals surface area contributed by atoms with E-state index in [1.54, 1.807) is 6.92 Å². The van der Waals surface area contributed by atoms with Gasteiger partial charge in [-0.15, -0.1) is 11.3 Å². The van der Waals surface area contributed by atoms with Crippen molar-refractivity contribution in [1.29, 1.82) is 0 Å². The molecule has 25 heavy (non-hydrogen) atoms. The Balaban J connectivity index is 2.20. The lowest BCUT2D eigenvalue weighted by Crippen LogP contribution is -2.25. The number of Topliss-reactive ketones (excluding diaryl/α,β-unsaturated/α-hetero) is 1. The van der Waals surface area contributed by atoms with Gasteiger partial charge in [0, 0.05) is 17.4 Å². The van der Waals surface area contributed by atoms with Crippen LogP contribution in [0.25, 0.3) is 0 Å². The molecule has 0 saturated heterocycles. The first-order valence-corrected chi connectivity index (χ1v) is 8.40. The summed E-state index contributed by atoms with van der Waals surface area (Å²) in [5.41, 5.74) is 1.19. The van der Waals surface area contributed by atoms with Crippen molar-refractivity contribution in [2.24, 2.45) is 0 Å². The first-order valence-electron chi connectivity index (χ1n) is 7.59. The molecular weight excluding hydrogens is 345 g/mol. The van der Waals surface area contributed by atoms with Gasteiger partial charge in [0.05, 0.1) is 5.56 Å². The Hall–Kier alpha value is -2.54. The summed E-state index contributed by atoms with van der Waals surface area (Å²) in [6.07, 6.45) is -1.04. The molecule has 0 radical (unpaired) electrons. The van der Waals surface area contributed by atoms with Gasteiger partial charge in [0.15, 0.2) is 6.10 Å². The summed E-state index contributed by atoms with van der Waals surface area (Å²) in [5, 5.41) is 3.01. The highest BCUT2D eigenvalue weighted by atomic mass is 32.1. The Kier molecular flexibility index (Phi) is 5.69. The van der Waals surface area contributed by atoms with Crippen LogP contribution in [0.2, 0.25) is 0 Å². The predicted molar refractivity (Wildman–Crippen MR) is 93.7 cm³/mol. The van der Waals surface area contributed by atoms with E-state index in [4.69, 9.17) is 4.74 Å². The maximum Gasteiger partial charge on any atom is 0.342 e. The molecule has 1 aromatic heterocycles. The van der Waals surface area contributed by atoms with Crippen LogP contribution in [0, 0.1) is 19.7 Å². The Morgan fingerprint density at radius 2 is 1.76 bits per heavy atom. The molecule has 0 bridgehead atoms. The number of ketones is 1. The minimum atomic E-state index is -1.04. The predicted octanol–water partition coefficient (Wildman–Crippen LogP) is 3.89. The molecule has 5 nitrogen and oxygen atoms in total. The number of amides is 1. The van der Waals surface area contributed by atoms with E-state index >= 15 is 0 Å². The second-order valence-electron chi connectivity index (χ2n) is 5.59. The van der Waals surface area contributed by atoms with Crippen LogP contribution in [0.5, 0.6) is 0 Å². The van der Waals surface area contributed by atoms with Gasteiger partial charge in [0.1, 0.15) is 10.8 Å². The third kappa shape index (κ3) is 4.30. The number of benzene rings is 1. The van der Waals surface area contributed by atoms with E-state index in [9.17, 15) is 18.8 Å². The van der Waals surface area contributed by atoms with Gasteiger partial charge in [0.25, 0.3) is 0 Å². The van der Waals surface area contributed by atoms with E-state index in [0.29, 0.717) is 10.6 Å². The largest absolute Gasteiger partial charge is 0.451 e. The molecular formula is C18H18FNO4S. The summed E-state index contributed by atoms with van der Waals surface area (Å²) in [6.45, 7) is 6.38. The first-order chi connectivity index (χ1) is 11.7. The molecule has 1 atom stereocenters. The Bertz CT molecular complexity index is 826. The lowest BCUT2D eigenvalue weighted by Gasteiger charge is -2.13. The maximum atomic E-state index is 12.9. The summed E-state index contributed by atoms with van der Waals surface area (Å²) in [5.74, 6) is -1.87. The van der Waals surface area contributed by atoms with E-state index in [0.717, 1.165) is 4.88 Å². The lowest BCUT2D eigenvalue weighted by molar-refractivity contribution is -0.114. The Labute approximate surface area is 148 Å². The molecule has 0 aliphatic carbocycles. The van der Waals surface area contributed by atoms with Crippen molar-refractivity contribution in [3.05, 3.63) is 51.7 Å². The van der Waals surface area contributed by atoms with Crippen molar-refractivity contribution >= 4 is 34.0 Å². The number of halogens is 1. The topological polar surface area (TPSA) is 72.5 Å². The van der Waals surface area contributed by atoms with Crippen molar-refractivity contribution < 1.29 is 23.5 Å². The SMILES string of the molecule is CC(=O)Nc1sc(C)c(C)c1C(=O)O[C@@H](C)C(=O)c1ccc(F)cc1. The molecule has 7 heteroatoms. The van der Waals surface area contributed by atoms with E-state index in [1.807, 2.05) is 6.92 Å². The van der Waals surface area contributed by atoms with Gasteiger partial charge in [-0.2, -0.15) is 0 Å². The summed E-state index contributed by atoms with van der Waals surface area (Å²) in [7, 11) is 0. The Morgan fingerprint density at radius 1 is 1.16 bits per heavy atom. The molecule has 1 aromatic carbocycles. The zero-order chi connectivity index (χ0) is 18.7. The summed E-state index contributed by atoms with van der Waals surface area (Å²) >= 11 is 1.27. The summed E-state index contributed by atoms with van der Waals surface area (Å²) < 4.78 is 18.2. The highest BCUT2D eigenvalue weighted by Gasteiger charge is 2.26. The molecule has 1 heterocycles. The second-order valence-corrected chi connectivity index (χ2v) is 6.81. The molecule has 2 rings (SSSR count). The third-order valence-electron chi connectivity index (χ3n) is 3.66. The van der Waals surface area contributed by atoms with Crippen LogP contribution in [-0.2, 0) is 9.53 Å². The van der Waals surface area contributed by atoms with Crippen LogP contribution in [-0.4, -0.2) is 23.8 Å². The van der Waals surface area contributed by atoms with Crippen LogP contribution >= 0.6 is 11.3 Å². The number of hydrogen-bond donors (Lipinski definition) is 1. The number of aryl methyl sites for hydroxylation is 1. The number of rotatable bonds is 5. The number of carbonyl (C=O) groups is 3. The van der Waals surface area contributed by atoms with E-state index in [-0.39, 0.29) is 17.0 Å². The highest BCUT2D eigenvalue weighted by Crippen LogP contribution is 2.33. The fourth-order valence-electron chi connectivity index (χ4n) is 2.24. The molecule has 0 saturated carbocycles. The van der Waals surface area contributed by atoms with Crippen LogP contribution in [0.15, 0.2) is 24.3 Å². The average Bonchev–Trinajstić information content (AvgIpc) is 2.80. The molecule has 0 unspecified atom stereocenters. The normalized spacial score (nSPS) is 11.7. The van der Waals surface area contributed by atoms with Gasteiger partial charge in [-0.05, 0) is 50.6 Å². The highest BCUT2D eigenvalue weighted by molar-refractivity contribution is 7.16. The zero-order valence-electron chi connectivity index (χ0n) is 14.3. The quantitative estimate of drug-likeness (QED) is 0.646. The number of ether oxygens (including phenoxy) is 1. The monoisotopic (exact) mass is 363 g/mol. The molecule has 0 fully saturated rings. The van der Waals surface area contributed by atoms with Crippen molar-refractivity contribution in [3.8, 4) is 0 Å². The Morgan fingerprint density at radius 3 is 2.32 bits per heavy atom. The third-order valence-corrected chi connectivity index (χ3v) is 4.78. The average molecular weight is 363 g/mol. The van der Waals surface area contributed by atoms with Crippen LogP contribution < -0.4 is 5.32 Å². The number of carbonyl (C=O) groups excluding carboxylic acids is 3. The fourth-order valence-corrected chi connectivity index (χ4v) is 3.34. The zero-order valence-corrected chi connectivity index (χ0v) is 15.1.